The minimum absolute atomic E-state index is 0.324. The van der Waals surface area contributed by atoms with Gasteiger partial charge >= 0.3 is 0 Å². The highest BCUT2D eigenvalue weighted by Gasteiger charge is 2.10. The predicted octanol–water partition coefficient (Wildman–Crippen LogP) is 6.97. The van der Waals surface area contributed by atoms with Gasteiger partial charge in [0.25, 0.3) is 0 Å². The molecule has 2 heterocycles. The molecule has 0 aliphatic carbocycles. The van der Waals surface area contributed by atoms with E-state index in [1.54, 1.807) is 32.4 Å². The van der Waals surface area contributed by atoms with E-state index in [9.17, 15) is 4.39 Å². The van der Waals surface area contributed by atoms with E-state index < -0.39 is 0 Å². The molecule has 0 saturated carbocycles. The molecule has 4 aromatic rings. The number of hydrogen-bond donors (Lipinski definition) is 0. The molecule has 150 valence electrons. The highest BCUT2D eigenvalue weighted by molar-refractivity contribution is 9.10. The van der Waals surface area contributed by atoms with Gasteiger partial charge in [-0.2, -0.15) is 0 Å². The van der Waals surface area contributed by atoms with Crippen molar-refractivity contribution in [3.05, 3.63) is 75.3 Å². The van der Waals surface area contributed by atoms with Crippen LogP contribution in [0.25, 0.3) is 22.6 Å². The van der Waals surface area contributed by atoms with Crippen molar-refractivity contribution >= 4 is 31.9 Å². The van der Waals surface area contributed by atoms with Crippen LogP contribution >= 0.6 is 31.9 Å². The molecule has 0 atom stereocenters. The molecule has 0 unspecified atom stereocenters. The molecular formula is C21H17Br2FN2O3. The SMILES string of the molecule is COc1cc(Br)ccc1-c1cnc(C)o1.Cc1ncc(-c2ccc(Br)cc2F)o1. The lowest BCUT2D eigenvalue weighted by molar-refractivity contribution is 0.414. The largest absolute Gasteiger partial charge is 0.496 e. The first kappa shape index (κ1) is 21.3. The van der Waals surface area contributed by atoms with Gasteiger partial charge < -0.3 is 13.6 Å². The van der Waals surface area contributed by atoms with Crippen LogP contribution in [-0.2, 0) is 0 Å². The minimum atomic E-state index is -0.324. The molecule has 29 heavy (non-hydrogen) atoms. The van der Waals surface area contributed by atoms with Gasteiger partial charge in [0.05, 0.1) is 30.6 Å². The zero-order valence-corrected chi connectivity index (χ0v) is 19.0. The van der Waals surface area contributed by atoms with Crippen molar-refractivity contribution < 1.29 is 18.0 Å². The van der Waals surface area contributed by atoms with Crippen LogP contribution < -0.4 is 4.74 Å². The molecule has 2 aromatic heterocycles. The molecule has 0 bridgehead atoms. The number of nitrogens with zero attached hydrogens (tertiary/aromatic N) is 2. The Morgan fingerprint density at radius 3 is 1.83 bits per heavy atom. The van der Waals surface area contributed by atoms with Gasteiger partial charge in [0.15, 0.2) is 23.3 Å². The third kappa shape index (κ3) is 5.33. The van der Waals surface area contributed by atoms with Gasteiger partial charge in [-0.05, 0) is 36.4 Å². The summed E-state index contributed by atoms with van der Waals surface area (Å²) in [4.78, 5) is 7.97. The Morgan fingerprint density at radius 2 is 1.34 bits per heavy atom. The van der Waals surface area contributed by atoms with Crippen LogP contribution in [0.2, 0.25) is 0 Å². The first-order valence-electron chi connectivity index (χ1n) is 8.51. The number of oxazole rings is 2. The summed E-state index contributed by atoms with van der Waals surface area (Å²) in [5, 5.41) is 0. The van der Waals surface area contributed by atoms with E-state index in [4.69, 9.17) is 13.6 Å². The normalized spacial score (nSPS) is 10.4. The molecule has 0 amide bonds. The molecule has 0 spiro atoms. The Balaban J connectivity index is 0.000000166. The van der Waals surface area contributed by atoms with Crippen molar-refractivity contribution in [1.82, 2.24) is 9.97 Å². The van der Waals surface area contributed by atoms with Gasteiger partial charge in [0, 0.05) is 22.8 Å². The Bertz CT molecular complexity index is 1120. The Hall–Kier alpha value is -2.45. The van der Waals surface area contributed by atoms with Crippen molar-refractivity contribution in [2.45, 2.75) is 13.8 Å². The summed E-state index contributed by atoms with van der Waals surface area (Å²) in [6, 6.07) is 10.6. The zero-order chi connectivity index (χ0) is 21.0. The minimum Gasteiger partial charge on any atom is -0.496 e. The lowest BCUT2D eigenvalue weighted by atomic mass is 10.1. The maximum absolute atomic E-state index is 13.4. The average molecular weight is 524 g/mol. The number of aryl methyl sites for hydroxylation is 2. The second-order valence-corrected chi connectivity index (χ2v) is 7.79. The standard InChI is InChI=1S/C11H10BrNO2.C10H7BrFNO/c1-7-13-6-11(15-7)9-4-3-8(12)5-10(9)14-2;1-6-13-5-10(14-6)8-3-2-7(11)4-9(8)12/h3-6H,1-2H3;2-5H,1H3. The number of ether oxygens (including phenoxy) is 1. The molecule has 0 aliphatic heterocycles. The van der Waals surface area contributed by atoms with Crippen molar-refractivity contribution in [2.75, 3.05) is 7.11 Å². The third-order valence-corrected chi connectivity index (χ3v) is 4.85. The average Bonchev–Trinajstić information content (AvgIpc) is 3.30. The topological polar surface area (TPSA) is 61.3 Å². The van der Waals surface area contributed by atoms with Gasteiger partial charge in [-0.15, -0.1) is 0 Å². The van der Waals surface area contributed by atoms with Crippen LogP contribution in [0.4, 0.5) is 4.39 Å². The van der Waals surface area contributed by atoms with Crippen LogP contribution in [-0.4, -0.2) is 17.1 Å². The Kier molecular flexibility index (Phi) is 6.87. The van der Waals surface area contributed by atoms with E-state index in [-0.39, 0.29) is 5.82 Å². The molecule has 2 aromatic carbocycles. The van der Waals surface area contributed by atoms with Gasteiger partial charge in [0.2, 0.25) is 0 Å². The molecule has 4 rings (SSSR count). The highest BCUT2D eigenvalue weighted by Crippen LogP contribution is 2.32. The second-order valence-electron chi connectivity index (χ2n) is 5.96. The van der Waals surface area contributed by atoms with Crippen LogP contribution in [0, 0.1) is 19.7 Å². The number of hydrogen-bond acceptors (Lipinski definition) is 5. The quantitative estimate of drug-likeness (QED) is 0.290. The van der Waals surface area contributed by atoms with E-state index >= 15 is 0 Å². The Morgan fingerprint density at radius 1 is 0.828 bits per heavy atom. The molecule has 0 fully saturated rings. The predicted molar refractivity (Wildman–Crippen MR) is 115 cm³/mol. The molecule has 0 saturated heterocycles. The summed E-state index contributed by atoms with van der Waals surface area (Å²) in [7, 11) is 1.63. The molecule has 8 heteroatoms. The fraction of sp³-hybridized carbons (Fsp3) is 0.143. The summed E-state index contributed by atoms with van der Waals surface area (Å²) in [6.45, 7) is 3.54. The molecule has 5 nitrogen and oxygen atoms in total. The van der Waals surface area contributed by atoms with E-state index in [0.29, 0.717) is 27.6 Å². The van der Waals surface area contributed by atoms with Crippen LogP contribution in [0.5, 0.6) is 5.75 Å². The molecule has 0 N–H and O–H groups in total. The summed E-state index contributed by atoms with van der Waals surface area (Å²) in [5.74, 6) is 2.79. The number of rotatable bonds is 3. The van der Waals surface area contributed by atoms with E-state index in [1.165, 1.54) is 12.3 Å². The molecule has 0 radical (unpaired) electrons. The number of benzene rings is 2. The van der Waals surface area contributed by atoms with E-state index in [0.717, 1.165) is 21.5 Å². The van der Waals surface area contributed by atoms with Crippen molar-refractivity contribution in [1.29, 1.82) is 0 Å². The van der Waals surface area contributed by atoms with Crippen LogP contribution in [0.15, 0.2) is 66.6 Å². The number of aromatic nitrogens is 2. The van der Waals surface area contributed by atoms with E-state index in [1.807, 2.05) is 25.1 Å². The fourth-order valence-corrected chi connectivity index (χ4v) is 3.20. The maximum atomic E-state index is 13.4. The van der Waals surface area contributed by atoms with Gasteiger partial charge in [-0.25, -0.2) is 14.4 Å². The third-order valence-electron chi connectivity index (χ3n) is 3.87. The van der Waals surface area contributed by atoms with Gasteiger partial charge in [-0.3, -0.25) is 0 Å². The number of halogens is 3. The lowest BCUT2D eigenvalue weighted by Gasteiger charge is -2.05. The first-order chi connectivity index (χ1) is 13.9. The fourth-order valence-electron chi connectivity index (χ4n) is 2.53. The number of methoxy groups -OCH3 is 1. The van der Waals surface area contributed by atoms with Crippen molar-refractivity contribution in [2.24, 2.45) is 0 Å². The van der Waals surface area contributed by atoms with Crippen molar-refractivity contribution in [3.8, 4) is 28.4 Å². The second kappa shape index (κ2) is 9.37. The van der Waals surface area contributed by atoms with Crippen molar-refractivity contribution in [3.63, 3.8) is 0 Å². The summed E-state index contributed by atoms with van der Waals surface area (Å²) < 4.78 is 31.0. The van der Waals surface area contributed by atoms with Crippen LogP contribution in [0.1, 0.15) is 11.8 Å². The maximum Gasteiger partial charge on any atom is 0.191 e. The van der Waals surface area contributed by atoms with Gasteiger partial charge in [0.1, 0.15) is 11.6 Å². The highest BCUT2D eigenvalue weighted by atomic mass is 79.9. The monoisotopic (exact) mass is 522 g/mol. The van der Waals surface area contributed by atoms with Gasteiger partial charge in [-0.1, -0.05) is 31.9 Å². The first-order valence-corrected chi connectivity index (χ1v) is 10.1. The summed E-state index contributed by atoms with van der Waals surface area (Å²) in [5.41, 5.74) is 1.33. The summed E-state index contributed by atoms with van der Waals surface area (Å²) >= 11 is 6.58. The zero-order valence-electron chi connectivity index (χ0n) is 15.9. The Labute approximate surface area is 184 Å². The van der Waals surface area contributed by atoms with Crippen LogP contribution in [0.3, 0.4) is 0 Å². The van der Waals surface area contributed by atoms with E-state index in [2.05, 4.69) is 41.8 Å². The summed E-state index contributed by atoms with van der Waals surface area (Å²) in [6.07, 6.45) is 3.21. The smallest absolute Gasteiger partial charge is 0.191 e. The molecular weight excluding hydrogens is 507 g/mol. The lowest BCUT2D eigenvalue weighted by Crippen LogP contribution is -1.86. The molecule has 0 aliphatic rings.